The lowest BCUT2D eigenvalue weighted by Crippen LogP contribution is -2.37. The molecule has 1 amide bonds. The standard InChI is InChI=1S/C24H24F3N9O2/c1-34(2)20(37)15-11-16(24(25,26)27)13-18(12-15)30-22-31-21(32-23(33-22)36-7-9-38-10-8-36)29-17-3-5-35-6-4-28-19(35)14-17/h3-6,11-14H,7-10H2,1-2H3,(H2,29,30,31,32,33). The molecule has 0 atom stereocenters. The summed E-state index contributed by atoms with van der Waals surface area (Å²) in [6, 6.07) is 6.67. The number of amides is 1. The Morgan fingerprint density at radius 1 is 0.974 bits per heavy atom. The molecule has 11 nitrogen and oxygen atoms in total. The van der Waals surface area contributed by atoms with E-state index in [1.54, 1.807) is 12.3 Å². The Morgan fingerprint density at radius 3 is 2.37 bits per heavy atom. The molecule has 3 aromatic heterocycles. The van der Waals surface area contributed by atoms with Gasteiger partial charge in [-0.15, -0.1) is 0 Å². The third-order valence-corrected chi connectivity index (χ3v) is 5.74. The number of aromatic nitrogens is 5. The average Bonchev–Trinajstić information content (AvgIpc) is 3.36. The number of fused-ring (bicyclic) bond motifs is 1. The summed E-state index contributed by atoms with van der Waals surface area (Å²) in [5.41, 5.74) is 0.279. The molecule has 1 aliphatic rings. The molecule has 0 saturated carbocycles. The molecule has 14 heteroatoms. The summed E-state index contributed by atoms with van der Waals surface area (Å²) in [5, 5.41) is 5.95. The van der Waals surface area contributed by atoms with Crippen LogP contribution in [0.15, 0.2) is 48.9 Å². The quantitative estimate of drug-likeness (QED) is 0.389. The molecule has 0 spiro atoms. The van der Waals surface area contributed by atoms with Crippen LogP contribution in [0.1, 0.15) is 15.9 Å². The van der Waals surface area contributed by atoms with Crippen LogP contribution in [-0.2, 0) is 10.9 Å². The minimum Gasteiger partial charge on any atom is -0.378 e. The summed E-state index contributed by atoms with van der Waals surface area (Å²) in [6.45, 7) is 2.04. The van der Waals surface area contributed by atoms with Crippen molar-refractivity contribution >= 4 is 40.8 Å². The maximum absolute atomic E-state index is 13.6. The van der Waals surface area contributed by atoms with Gasteiger partial charge in [0, 0.05) is 68.8 Å². The Labute approximate surface area is 215 Å². The highest BCUT2D eigenvalue weighted by Gasteiger charge is 2.32. The molecule has 5 rings (SSSR count). The molecule has 38 heavy (non-hydrogen) atoms. The molecule has 1 aromatic carbocycles. The zero-order valence-electron chi connectivity index (χ0n) is 20.5. The largest absolute Gasteiger partial charge is 0.416 e. The predicted molar refractivity (Wildman–Crippen MR) is 134 cm³/mol. The van der Waals surface area contributed by atoms with Gasteiger partial charge in [0.1, 0.15) is 5.65 Å². The van der Waals surface area contributed by atoms with E-state index in [9.17, 15) is 18.0 Å². The number of nitrogens with zero attached hydrogens (tertiary/aromatic N) is 7. The molecule has 1 aliphatic heterocycles. The number of anilines is 5. The van der Waals surface area contributed by atoms with Crippen molar-refractivity contribution in [3.63, 3.8) is 0 Å². The van der Waals surface area contributed by atoms with Gasteiger partial charge in [-0.05, 0) is 24.3 Å². The predicted octanol–water partition coefficient (Wildman–Crippen LogP) is 3.56. The van der Waals surface area contributed by atoms with E-state index in [-0.39, 0.29) is 23.1 Å². The van der Waals surface area contributed by atoms with Gasteiger partial charge in [0.2, 0.25) is 17.8 Å². The average molecular weight is 528 g/mol. The summed E-state index contributed by atoms with van der Waals surface area (Å²) in [5.74, 6) is -0.0581. The van der Waals surface area contributed by atoms with E-state index < -0.39 is 17.6 Å². The number of benzene rings is 1. The van der Waals surface area contributed by atoms with Crippen LogP contribution in [-0.4, -0.2) is 75.5 Å². The van der Waals surface area contributed by atoms with Gasteiger partial charge >= 0.3 is 6.18 Å². The van der Waals surface area contributed by atoms with Crippen LogP contribution in [0.25, 0.3) is 5.65 Å². The van der Waals surface area contributed by atoms with Gasteiger partial charge in [0.15, 0.2) is 0 Å². The van der Waals surface area contributed by atoms with E-state index in [1.165, 1.54) is 25.1 Å². The molecule has 0 unspecified atom stereocenters. The molecule has 1 fully saturated rings. The van der Waals surface area contributed by atoms with E-state index >= 15 is 0 Å². The van der Waals surface area contributed by atoms with Crippen molar-refractivity contribution in [2.45, 2.75) is 6.18 Å². The summed E-state index contributed by atoms with van der Waals surface area (Å²) < 4.78 is 48.1. The molecule has 0 radical (unpaired) electrons. The second-order valence-electron chi connectivity index (χ2n) is 8.74. The monoisotopic (exact) mass is 527 g/mol. The van der Waals surface area contributed by atoms with Crippen molar-refractivity contribution in [3.8, 4) is 0 Å². The number of nitrogens with one attached hydrogen (secondary N) is 2. The minimum atomic E-state index is -4.66. The maximum atomic E-state index is 13.6. The lowest BCUT2D eigenvalue weighted by molar-refractivity contribution is -0.137. The normalized spacial score (nSPS) is 14.0. The molecule has 2 N–H and O–H groups in total. The fraction of sp³-hybridized carbons (Fsp3) is 0.292. The van der Waals surface area contributed by atoms with E-state index in [2.05, 4.69) is 30.6 Å². The van der Waals surface area contributed by atoms with E-state index in [0.717, 1.165) is 12.1 Å². The molecular weight excluding hydrogens is 503 g/mol. The minimum absolute atomic E-state index is 0.00783. The lowest BCUT2D eigenvalue weighted by atomic mass is 10.1. The van der Waals surface area contributed by atoms with Gasteiger partial charge in [-0.2, -0.15) is 28.1 Å². The molecule has 4 aromatic rings. The van der Waals surface area contributed by atoms with Crippen LogP contribution in [0, 0.1) is 0 Å². The van der Waals surface area contributed by atoms with Gasteiger partial charge in [-0.25, -0.2) is 4.98 Å². The Morgan fingerprint density at radius 2 is 1.68 bits per heavy atom. The Hall–Kier alpha value is -4.46. The summed E-state index contributed by atoms with van der Waals surface area (Å²) in [6.07, 6.45) is 0.644. The number of hydrogen-bond donors (Lipinski definition) is 2. The molecular formula is C24H24F3N9O2. The van der Waals surface area contributed by atoms with Crippen LogP contribution in [0.3, 0.4) is 0 Å². The first-order valence-electron chi connectivity index (χ1n) is 11.7. The number of imidazole rings is 1. The van der Waals surface area contributed by atoms with Crippen molar-refractivity contribution in [1.82, 2.24) is 29.2 Å². The van der Waals surface area contributed by atoms with Gasteiger partial charge < -0.3 is 29.6 Å². The van der Waals surface area contributed by atoms with Crippen LogP contribution in [0.2, 0.25) is 0 Å². The first-order chi connectivity index (χ1) is 18.2. The highest BCUT2D eigenvalue weighted by molar-refractivity contribution is 5.95. The number of halogens is 3. The zero-order valence-corrected chi connectivity index (χ0v) is 20.5. The number of rotatable bonds is 6. The SMILES string of the molecule is CN(C)C(=O)c1cc(Nc2nc(Nc3ccn4ccnc4c3)nc(N3CCOCC3)n2)cc(C(F)(F)F)c1. The van der Waals surface area contributed by atoms with Crippen LogP contribution >= 0.6 is 0 Å². The molecule has 0 aliphatic carbocycles. The van der Waals surface area contributed by atoms with Crippen molar-refractivity contribution in [3.05, 3.63) is 60.0 Å². The van der Waals surface area contributed by atoms with Crippen molar-refractivity contribution in [1.29, 1.82) is 0 Å². The fourth-order valence-corrected chi connectivity index (χ4v) is 3.87. The topological polar surface area (TPSA) is 113 Å². The number of carbonyl (C=O) groups excluding carboxylic acids is 1. The number of pyridine rings is 1. The lowest BCUT2D eigenvalue weighted by Gasteiger charge is -2.27. The summed E-state index contributed by atoms with van der Waals surface area (Å²) in [4.78, 5) is 33.2. The Bertz CT molecular complexity index is 1470. The second-order valence-corrected chi connectivity index (χ2v) is 8.74. The van der Waals surface area contributed by atoms with Gasteiger partial charge in [-0.3, -0.25) is 4.79 Å². The second kappa shape index (κ2) is 10.1. The molecule has 4 heterocycles. The maximum Gasteiger partial charge on any atom is 0.416 e. The summed E-state index contributed by atoms with van der Waals surface area (Å²) in [7, 11) is 2.93. The Balaban J connectivity index is 1.52. The van der Waals surface area contributed by atoms with Crippen molar-refractivity contribution in [2.24, 2.45) is 0 Å². The van der Waals surface area contributed by atoms with Crippen LogP contribution in [0.4, 0.5) is 42.4 Å². The zero-order chi connectivity index (χ0) is 26.9. The van der Waals surface area contributed by atoms with E-state index in [4.69, 9.17) is 4.74 Å². The van der Waals surface area contributed by atoms with Gasteiger partial charge in [-0.1, -0.05) is 0 Å². The molecule has 1 saturated heterocycles. The molecule has 0 bridgehead atoms. The van der Waals surface area contributed by atoms with E-state index in [0.29, 0.717) is 43.6 Å². The van der Waals surface area contributed by atoms with Crippen LogP contribution in [0.5, 0.6) is 0 Å². The number of carbonyl (C=O) groups is 1. The summed E-state index contributed by atoms with van der Waals surface area (Å²) >= 11 is 0. The third-order valence-electron chi connectivity index (χ3n) is 5.74. The highest BCUT2D eigenvalue weighted by atomic mass is 19.4. The van der Waals surface area contributed by atoms with E-state index in [1.807, 2.05) is 27.8 Å². The van der Waals surface area contributed by atoms with Crippen molar-refractivity contribution in [2.75, 3.05) is 55.9 Å². The number of ether oxygens (including phenoxy) is 1. The Kier molecular flexibility index (Phi) is 6.72. The first-order valence-corrected chi connectivity index (χ1v) is 11.7. The first kappa shape index (κ1) is 25.2. The number of hydrogen-bond acceptors (Lipinski definition) is 9. The smallest absolute Gasteiger partial charge is 0.378 e. The fourth-order valence-electron chi connectivity index (χ4n) is 3.87. The highest BCUT2D eigenvalue weighted by Crippen LogP contribution is 2.33. The number of morpholine rings is 1. The van der Waals surface area contributed by atoms with Gasteiger partial charge in [0.25, 0.3) is 5.91 Å². The van der Waals surface area contributed by atoms with Crippen molar-refractivity contribution < 1.29 is 22.7 Å². The van der Waals surface area contributed by atoms with Crippen LogP contribution < -0.4 is 15.5 Å². The number of alkyl halides is 3. The third kappa shape index (κ3) is 5.59. The molecule has 198 valence electrons. The van der Waals surface area contributed by atoms with Gasteiger partial charge in [0.05, 0.1) is 18.8 Å².